The van der Waals surface area contributed by atoms with Gasteiger partial charge >= 0.3 is 0 Å². The number of carbonyl (C=O) groups is 2. The number of amides is 2. The van der Waals surface area contributed by atoms with Crippen LogP contribution in [0.3, 0.4) is 0 Å². The topological polar surface area (TPSA) is 61.8 Å². The molecule has 19 heavy (non-hydrogen) atoms. The molecule has 0 aromatic heterocycles. The SMILES string of the molecule is CNC(=O)CN1N=C(c2ccc(F)cc2)CCC1=O. The lowest BCUT2D eigenvalue weighted by Crippen LogP contribution is -2.39. The van der Waals surface area contributed by atoms with Gasteiger partial charge in [-0.05, 0) is 17.7 Å². The number of benzene rings is 1. The second-order valence-corrected chi connectivity index (χ2v) is 4.18. The summed E-state index contributed by atoms with van der Waals surface area (Å²) in [6, 6.07) is 5.92. The Morgan fingerprint density at radius 3 is 2.68 bits per heavy atom. The van der Waals surface area contributed by atoms with Crippen molar-refractivity contribution in [1.82, 2.24) is 10.3 Å². The Labute approximate surface area is 110 Å². The fourth-order valence-electron chi connectivity index (χ4n) is 1.79. The molecule has 0 spiro atoms. The van der Waals surface area contributed by atoms with Crippen molar-refractivity contribution in [3.05, 3.63) is 35.6 Å². The van der Waals surface area contributed by atoms with E-state index in [0.29, 0.717) is 18.6 Å². The average Bonchev–Trinajstić information content (AvgIpc) is 2.42. The van der Waals surface area contributed by atoms with Crippen molar-refractivity contribution in [3.8, 4) is 0 Å². The lowest BCUT2D eigenvalue weighted by Gasteiger charge is -2.22. The summed E-state index contributed by atoms with van der Waals surface area (Å²) in [5.41, 5.74) is 1.44. The minimum Gasteiger partial charge on any atom is -0.358 e. The summed E-state index contributed by atoms with van der Waals surface area (Å²) in [5.74, 6) is -0.787. The number of likely N-dealkylation sites (N-methyl/N-ethyl adjacent to an activating group) is 1. The van der Waals surface area contributed by atoms with E-state index < -0.39 is 0 Å². The van der Waals surface area contributed by atoms with Crippen molar-refractivity contribution in [3.63, 3.8) is 0 Å². The molecule has 1 aliphatic heterocycles. The van der Waals surface area contributed by atoms with Gasteiger partial charge in [0.05, 0.1) is 5.71 Å². The van der Waals surface area contributed by atoms with E-state index in [1.54, 1.807) is 12.1 Å². The van der Waals surface area contributed by atoms with Crippen molar-refractivity contribution in [2.24, 2.45) is 5.10 Å². The third kappa shape index (κ3) is 3.15. The van der Waals surface area contributed by atoms with Crippen molar-refractivity contribution in [2.75, 3.05) is 13.6 Å². The molecule has 0 fully saturated rings. The molecule has 1 aliphatic rings. The molecule has 0 saturated heterocycles. The van der Waals surface area contributed by atoms with E-state index in [0.717, 1.165) is 10.6 Å². The molecule has 0 unspecified atom stereocenters. The van der Waals surface area contributed by atoms with Gasteiger partial charge in [0.25, 0.3) is 0 Å². The minimum absolute atomic E-state index is 0.0972. The van der Waals surface area contributed by atoms with Crippen LogP contribution in [-0.4, -0.2) is 36.1 Å². The van der Waals surface area contributed by atoms with Crippen LogP contribution in [0.15, 0.2) is 29.4 Å². The van der Waals surface area contributed by atoms with Gasteiger partial charge < -0.3 is 5.32 Å². The maximum absolute atomic E-state index is 12.9. The van der Waals surface area contributed by atoms with Gasteiger partial charge in [0.15, 0.2) is 0 Å². The third-order valence-electron chi connectivity index (χ3n) is 2.85. The smallest absolute Gasteiger partial charge is 0.243 e. The molecule has 1 heterocycles. The van der Waals surface area contributed by atoms with E-state index in [1.165, 1.54) is 19.2 Å². The van der Waals surface area contributed by atoms with E-state index in [1.807, 2.05) is 0 Å². The van der Waals surface area contributed by atoms with Crippen molar-refractivity contribution in [2.45, 2.75) is 12.8 Å². The standard InChI is InChI=1S/C13H14FN3O2/c1-15-12(18)8-17-13(19)7-6-11(16-17)9-2-4-10(14)5-3-9/h2-5H,6-8H2,1H3,(H,15,18). The first kappa shape index (κ1) is 13.2. The number of nitrogens with zero attached hydrogens (tertiary/aromatic N) is 2. The second kappa shape index (κ2) is 5.60. The van der Waals surface area contributed by atoms with E-state index in [4.69, 9.17) is 0 Å². The van der Waals surface area contributed by atoms with E-state index in [2.05, 4.69) is 10.4 Å². The van der Waals surface area contributed by atoms with Crippen LogP contribution in [0, 0.1) is 5.82 Å². The zero-order valence-corrected chi connectivity index (χ0v) is 10.5. The fourth-order valence-corrected chi connectivity index (χ4v) is 1.79. The first-order chi connectivity index (χ1) is 9.10. The summed E-state index contributed by atoms with van der Waals surface area (Å²) in [6.45, 7) is -0.0972. The van der Waals surface area contributed by atoms with Gasteiger partial charge in [0.2, 0.25) is 11.8 Å². The van der Waals surface area contributed by atoms with E-state index in [9.17, 15) is 14.0 Å². The normalized spacial score (nSPS) is 15.2. The summed E-state index contributed by atoms with van der Waals surface area (Å²) in [6.07, 6.45) is 0.794. The Kier molecular flexibility index (Phi) is 3.89. The number of carbonyl (C=O) groups excluding carboxylic acids is 2. The van der Waals surface area contributed by atoms with Gasteiger partial charge in [-0.1, -0.05) is 12.1 Å². The maximum atomic E-state index is 12.9. The zero-order chi connectivity index (χ0) is 13.8. The number of rotatable bonds is 3. The summed E-state index contributed by atoms with van der Waals surface area (Å²) in [7, 11) is 1.50. The molecule has 100 valence electrons. The molecule has 0 aliphatic carbocycles. The Balaban J connectivity index is 2.21. The predicted molar refractivity (Wildman–Crippen MR) is 68.0 cm³/mol. The highest BCUT2D eigenvalue weighted by atomic mass is 19.1. The second-order valence-electron chi connectivity index (χ2n) is 4.18. The molecule has 2 rings (SSSR count). The van der Waals surface area contributed by atoms with Crippen molar-refractivity contribution < 1.29 is 14.0 Å². The van der Waals surface area contributed by atoms with Gasteiger partial charge in [0.1, 0.15) is 12.4 Å². The molecule has 1 aromatic rings. The molecule has 6 heteroatoms. The predicted octanol–water partition coefficient (Wildman–Crippen LogP) is 0.898. The first-order valence-corrected chi connectivity index (χ1v) is 5.94. The van der Waals surface area contributed by atoms with Crippen LogP contribution in [0.1, 0.15) is 18.4 Å². The van der Waals surface area contributed by atoms with E-state index >= 15 is 0 Å². The van der Waals surface area contributed by atoms with Gasteiger partial charge in [-0.25, -0.2) is 9.40 Å². The molecule has 5 nitrogen and oxygen atoms in total. The maximum Gasteiger partial charge on any atom is 0.243 e. The lowest BCUT2D eigenvalue weighted by molar-refractivity contribution is -0.136. The lowest BCUT2D eigenvalue weighted by atomic mass is 10.0. The van der Waals surface area contributed by atoms with Crippen molar-refractivity contribution in [1.29, 1.82) is 0 Å². The molecular weight excluding hydrogens is 249 g/mol. The van der Waals surface area contributed by atoms with Crippen LogP contribution in [0.5, 0.6) is 0 Å². The van der Waals surface area contributed by atoms with Gasteiger partial charge in [-0.3, -0.25) is 9.59 Å². The van der Waals surface area contributed by atoms with Crippen LogP contribution >= 0.6 is 0 Å². The third-order valence-corrected chi connectivity index (χ3v) is 2.85. The van der Waals surface area contributed by atoms with Crippen LogP contribution in [0.2, 0.25) is 0 Å². The molecule has 0 atom stereocenters. The Bertz CT molecular complexity index is 525. The summed E-state index contributed by atoms with van der Waals surface area (Å²) >= 11 is 0. The van der Waals surface area contributed by atoms with Gasteiger partial charge in [-0.2, -0.15) is 5.10 Å². The number of halogens is 1. The molecule has 1 N–H and O–H groups in total. The largest absolute Gasteiger partial charge is 0.358 e. The number of hydrogen-bond donors (Lipinski definition) is 1. The van der Waals surface area contributed by atoms with Gasteiger partial charge in [-0.15, -0.1) is 0 Å². The Morgan fingerprint density at radius 1 is 1.37 bits per heavy atom. The minimum atomic E-state index is -0.321. The molecule has 1 aromatic carbocycles. The van der Waals surface area contributed by atoms with Crippen LogP contribution in [-0.2, 0) is 9.59 Å². The van der Waals surface area contributed by atoms with Crippen molar-refractivity contribution >= 4 is 17.5 Å². The quantitative estimate of drug-likeness (QED) is 0.880. The van der Waals surface area contributed by atoms with Crippen LogP contribution < -0.4 is 5.32 Å². The summed E-state index contributed by atoms with van der Waals surface area (Å²) in [4.78, 5) is 22.9. The Hall–Kier alpha value is -2.24. The first-order valence-electron chi connectivity index (χ1n) is 5.94. The highest BCUT2D eigenvalue weighted by Gasteiger charge is 2.22. The Morgan fingerprint density at radius 2 is 2.05 bits per heavy atom. The highest BCUT2D eigenvalue weighted by Crippen LogP contribution is 2.15. The average molecular weight is 263 g/mol. The van der Waals surface area contributed by atoms with E-state index in [-0.39, 0.29) is 24.2 Å². The number of hydrazone groups is 1. The number of hydrogen-bond acceptors (Lipinski definition) is 3. The molecule has 0 bridgehead atoms. The molecular formula is C13H14FN3O2. The monoisotopic (exact) mass is 263 g/mol. The molecule has 0 saturated carbocycles. The van der Waals surface area contributed by atoms with Crippen LogP contribution in [0.25, 0.3) is 0 Å². The molecule has 2 amide bonds. The van der Waals surface area contributed by atoms with Crippen LogP contribution in [0.4, 0.5) is 4.39 Å². The van der Waals surface area contributed by atoms with Gasteiger partial charge in [0, 0.05) is 19.9 Å². The summed E-state index contributed by atoms with van der Waals surface area (Å²) < 4.78 is 12.9. The number of nitrogens with one attached hydrogen (secondary N) is 1. The summed E-state index contributed by atoms with van der Waals surface area (Å²) in [5, 5.41) is 7.76. The molecule has 0 radical (unpaired) electrons. The zero-order valence-electron chi connectivity index (χ0n) is 10.5. The fraction of sp³-hybridized carbons (Fsp3) is 0.308. The highest BCUT2D eigenvalue weighted by molar-refractivity contribution is 6.04.